The highest BCUT2D eigenvalue weighted by Gasteiger charge is 2.18. The second-order valence-corrected chi connectivity index (χ2v) is 6.51. The summed E-state index contributed by atoms with van der Waals surface area (Å²) in [6.45, 7) is 1.40. The molecule has 1 N–H and O–H groups in total. The average molecular weight is 434 g/mol. The molecule has 2 aromatic heterocycles. The number of nitrogens with zero attached hydrogens (tertiary/aromatic N) is 3. The van der Waals surface area contributed by atoms with Gasteiger partial charge in [-0.15, -0.1) is 0 Å². The van der Waals surface area contributed by atoms with Crippen molar-refractivity contribution >= 4 is 22.8 Å². The largest absolute Gasteiger partial charge is 0.433 e. The van der Waals surface area contributed by atoms with Crippen LogP contribution in [-0.2, 0) is 4.79 Å². The number of amides is 1. The third-order valence-corrected chi connectivity index (χ3v) is 4.15. The molecule has 0 unspecified atom stereocenters. The second kappa shape index (κ2) is 8.73. The molecular formula is C23H13F3N4O2. The van der Waals surface area contributed by atoms with Gasteiger partial charge in [-0.05, 0) is 54.5 Å². The predicted octanol–water partition coefficient (Wildman–Crippen LogP) is 4.59. The van der Waals surface area contributed by atoms with E-state index < -0.39 is 23.2 Å². The van der Waals surface area contributed by atoms with E-state index in [0.29, 0.717) is 16.8 Å². The fourth-order valence-electron chi connectivity index (χ4n) is 2.69. The van der Waals surface area contributed by atoms with Crippen LogP contribution >= 0.6 is 0 Å². The molecule has 0 bridgehead atoms. The maximum absolute atomic E-state index is 14.1. The lowest BCUT2D eigenvalue weighted by Gasteiger charge is -2.09. The number of carbonyl (C=O) groups excluding carboxylic acids is 1. The van der Waals surface area contributed by atoms with Gasteiger partial charge in [0.25, 0.3) is 5.88 Å². The van der Waals surface area contributed by atoms with Gasteiger partial charge in [-0.3, -0.25) is 4.79 Å². The van der Waals surface area contributed by atoms with E-state index in [2.05, 4.69) is 32.1 Å². The number of nitrogens with one attached hydrogen (secondary N) is 1. The van der Waals surface area contributed by atoms with Crippen molar-refractivity contribution in [2.24, 2.45) is 0 Å². The van der Waals surface area contributed by atoms with Crippen LogP contribution in [0.4, 0.5) is 18.9 Å². The standard InChI is InChI=1S/C23H13F3N4O2/c1-13(31)28-15-7-4-14(5-8-15)6-10-18-23(30-17-3-2-12-27-22(17)29-18)32-19-11-9-16(24)20(25)21(19)26/h2-5,7-9,11-12H,1H3,(H,28,31). The van der Waals surface area contributed by atoms with Crippen LogP contribution in [0.5, 0.6) is 11.6 Å². The molecule has 158 valence electrons. The molecule has 2 heterocycles. The summed E-state index contributed by atoms with van der Waals surface area (Å²) in [5.74, 6) is 0.188. The van der Waals surface area contributed by atoms with Crippen LogP contribution in [0.3, 0.4) is 0 Å². The van der Waals surface area contributed by atoms with Gasteiger partial charge in [0.2, 0.25) is 11.7 Å². The predicted molar refractivity (Wildman–Crippen MR) is 110 cm³/mol. The normalized spacial score (nSPS) is 10.4. The lowest BCUT2D eigenvalue weighted by atomic mass is 10.2. The number of halogens is 3. The van der Waals surface area contributed by atoms with Gasteiger partial charge in [-0.1, -0.05) is 5.92 Å². The van der Waals surface area contributed by atoms with Crippen molar-refractivity contribution in [3.8, 4) is 23.5 Å². The maximum atomic E-state index is 14.1. The highest BCUT2D eigenvalue weighted by Crippen LogP contribution is 2.28. The van der Waals surface area contributed by atoms with Crippen molar-refractivity contribution in [1.29, 1.82) is 0 Å². The number of anilines is 1. The molecular weight excluding hydrogens is 421 g/mol. The van der Waals surface area contributed by atoms with Gasteiger partial charge in [0, 0.05) is 24.4 Å². The second-order valence-electron chi connectivity index (χ2n) is 6.51. The molecule has 4 rings (SSSR count). The molecule has 32 heavy (non-hydrogen) atoms. The van der Waals surface area contributed by atoms with Gasteiger partial charge in [-0.2, -0.15) is 4.39 Å². The quantitative estimate of drug-likeness (QED) is 0.377. The van der Waals surface area contributed by atoms with E-state index in [1.807, 2.05) is 0 Å². The molecule has 6 nitrogen and oxygen atoms in total. The zero-order valence-corrected chi connectivity index (χ0v) is 16.5. The number of hydrogen-bond donors (Lipinski definition) is 1. The van der Waals surface area contributed by atoms with Crippen LogP contribution in [0, 0.1) is 29.3 Å². The Bertz CT molecular complexity index is 1400. The molecule has 1 amide bonds. The minimum atomic E-state index is -1.66. The maximum Gasteiger partial charge on any atom is 0.255 e. The number of aromatic nitrogens is 3. The van der Waals surface area contributed by atoms with Crippen molar-refractivity contribution in [3.05, 3.63) is 83.4 Å². The zero-order chi connectivity index (χ0) is 22.7. The molecule has 0 fully saturated rings. The van der Waals surface area contributed by atoms with Gasteiger partial charge < -0.3 is 10.1 Å². The molecule has 0 aliphatic heterocycles. The Balaban J connectivity index is 1.73. The summed E-state index contributed by atoms with van der Waals surface area (Å²) < 4.78 is 46.3. The Morgan fingerprint density at radius 1 is 0.969 bits per heavy atom. The van der Waals surface area contributed by atoms with Crippen molar-refractivity contribution in [2.75, 3.05) is 5.32 Å². The van der Waals surface area contributed by atoms with Crippen LogP contribution in [-0.4, -0.2) is 20.9 Å². The van der Waals surface area contributed by atoms with Crippen molar-refractivity contribution in [1.82, 2.24) is 15.0 Å². The minimum absolute atomic E-state index is 0.0197. The van der Waals surface area contributed by atoms with E-state index in [1.54, 1.807) is 36.4 Å². The Kier molecular flexibility index (Phi) is 5.68. The Morgan fingerprint density at radius 3 is 2.50 bits per heavy atom. The highest BCUT2D eigenvalue weighted by molar-refractivity contribution is 5.88. The number of rotatable bonds is 3. The number of benzene rings is 2. The summed E-state index contributed by atoms with van der Waals surface area (Å²) in [4.78, 5) is 23.8. The Labute approximate surface area is 180 Å². The highest BCUT2D eigenvalue weighted by atomic mass is 19.2. The summed E-state index contributed by atoms with van der Waals surface area (Å²) >= 11 is 0. The number of ether oxygens (including phenoxy) is 1. The van der Waals surface area contributed by atoms with E-state index in [-0.39, 0.29) is 23.1 Å². The van der Waals surface area contributed by atoms with Crippen molar-refractivity contribution < 1.29 is 22.7 Å². The van der Waals surface area contributed by atoms with Crippen molar-refractivity contribution in [3.63, 3.8) is 0 Å². The van der Waals surface area contributed by atoms with Gasteiger partial charge in [0.05, 0.1) is 0 Å². The van der Waals surface area contributed by atoms with Crippen LogP contribution in [0.15, 0.2) is 54.7 Å². The van der Waals surface area contributed by atoms with Crippen LogP contribution in [0.2, 0.25) is 0 Å². The van der Waals surface area contributed by atoms with Crippen LogP contribution < -0.4 is 10.1 Å². The number of hydrogen-bond acceptors (Lipinski definition) is 5. The first kappa shape index (κ1) is 20.8. The minimum Gasteiger partial charge on any atom is -0.433 e. The first-order valence-electron chi connectivity index (χ1n) is 9.24. The Morgan fingerprint density at radius 2 is 1.75 bits per heavy atom. The topological polar surface area (TPSA) is 77.0 Å². The lowest BCUT2D eigenvalue weighted by molar-refractivity contribution is -0.114. The summed E-state index contributed by atoms with van der Waals surface area (Å²) in [7, 11) is 0. The van der Waals surface area contributed by atoms with Crippen molar-refractivity contribution in [2.45, 2.75) is 6.92 Å². The summed E-state index contributed by atoms with van der Waals surface area (Å²) in [5.41, 5.74) is 1.83. The summed E-state index contributed by atoms with van der Waals surface area (Å²) in [5, 5.41) is 2.65. The molecule has 4 aromatic rings. The molecule has 0 saturated carbocycles. The molecule has 0 saturated heterocycles. The summed E-state index contributed by atoms with van der Waals surface area (Å²) in [6, 6.07) is 11.6. The van der Waals surface area contributed by atoms with Gasteiger partial charge >= 0.3 is 0 Å². The van der Waals surface area contributed by atoms with E-state index in [9.17, 15) is 18.0 Å². The molecule has 0 radical (unpaired) electrons. The third-order valence-electron chi connectivity index (χ3n) is 4.15. The number of pyridine rings is 1. The van der Waals surface area contributed by atoms with Gasteiger partial charge in [-0.25, -0.2) is 23.7 Å². The lowest BCUT2D eigenvalue weighted by Crippen LogP contribution is -2.05. The molecule has 9 heteroatoms. The smallest absolute Gasteiger partial charge is 0.255 e. The number of carbonyl (C=O) groups is 1. The molecule has 0 aliphatic rings. The molecule has 2 aromatic carbocycles. The first-order valence-corrected chi connectivity index (χ1v) is 9.24. The van der Waals surface area contributed by atoms with Crippen LogP contribution in [0.1, 0.15) is 18.2 Å². The monoisotopic (exact) mass is 434 g/mol. The fourth-order valence-corrected chi connectivity index (χ4v) is 2.69. The Hall–Kier alpha value is -4.45. The third kappa shape index (κ3) is 4.49. The summed E-state index contributed by atoms with van der Waals surface area (Å²) in [6.07, 6.45) is 1.52. The van der Waals surface area contributed by atoms with E-state index in [0.717, 1.165) is 12.1 Å². The molecule has 0 aliphatic carbocycles. The van der Waals surface area contributed by atoms with Crippen LogP contribution in [0.25, 0.3) is 11.2 Å². The molecule has 0 spiro atoms. The zero-order valence-electron chi connectivity index (χ0n) is 16.5. The average Bonchev–Trinajstić information content (AvgIpc) is 2.78. The van der Waals surface area contributed by atoms with E-state index in [4.69, 9.17) is 4.74 Å². The van der Waals surface area contributed by atoms with Gasteiger partial charge in [0.1, 0.15) is 5.52 Å². The van der Waals surface area contributed by atoms with E-state index >= 15 is 0 Å². The molecule has 0 atom stereocenters. The fraction of sp³-hybridized carbons (Fsp3) is 0.0435. The first-order chi connectivity index (χ1) is 15.4. The van der Waals surface area contributed by atoms with E-state index in [1.165, 1.54) is 13.1 Å². The SMILES string of the molecule is CC(=O)Nc1ccc(C#Cc2nc3ncccc3nc2Oc2ccc(F)c(F)c2F)cc1. The van der Waals surface area contributed by atoms with Gasteiger partial charge in [0.15, 0.2) is 28.7 Å². The number of fused-ring (bicyclic) bond motifs is 1.